The van der Waals surface area contributed by atoms with Crippen molar-refractivity contribution in [3.8, 4) is 0 Å². The molecule has 0 aromatic carbocycles. The van der Waals surface area contributed by atoms with E-state index in [4.69, 9.17) is 10.9 Å². The average molecular weight is 198 g/mol. The van der Waals surface area contributed by atoms with E-state index in [0.29, 0.717) is 0 Å². The van der Waals surface area contributed by atoms with Gasteiger partial charge in [0, 0.05) is 0 Å². The molecule has 0 radical (unpaired) electrons. The van der Waals surface area contributed by atoms with Crippen LogP contribution in [0.4, 0.5) is 0 Å². The number of carbonyl (C=O) groups excluding carboxylic acids is 1. The first-order chi connectivity index (χ1) is 6.56. The lowest BCUT2D eigenvalue weighted by Gasteiger charge is -2.05. The van der Waals surface area contributed by atoms with Crippen molar-refractivity contribution in [2.45, 2.75) is 12.8 Å². The van der Waals surface area contributed by atoms with E-state index < -0.39 is 17.8 Å². The van der Waals surface area contributed by atoms with Crippen LogP contribution in [0, 0.1) is 0 Å². The van der Waals surface area contributed by atoms with Gasteiger partial charge in [-0.15, -0.1) is 0 Å². The zero-order valence-electron chi connectivity index (χ0n) is 7.44. The van der Waals surface area contributed by atoms with E-state index in [-0.39, 0.29) is 11.5 Å². The van der Waals surface area contributed by atoms with Crippen LogP contribution in [0.25, 0.3) is 0 Å². The lowest BCUT2D eigenvalue weighted by molar-refractivity contribution is -0.122. The van der Waals surface area contributed by atoms with Gasteiger partial charge < -0.3 is 10.1 Å². The molecular formula is C7H10N4O3. The van der Waals surface area contributed by atoms with Crippen molar-refractivity contribution < 1.29 is 14.7 Å². The molecule has 1 aromatic heterocycles. The Morgan fingerprint density at radius 1 is 1.71 bits per heavy atom. The zero-order chi connectivity index (χ0) is 10.7. The Morgan fingerprint density at radius 2 is 2.36 bits per heavy atom. The highest BCUT2D eigenvalue weighted by Crippen LogP contribution is 2.10. The maximum atomic E-state index is 11.0. The summed E-state index contributed by atoms with van der Waals surface area (Å²) < 4.78 is 0. The number of carbonyl (C=O) groups is 2. The normalized spacial score (nSPS) is 12.1. The van der Waals surface area contributed by atoms with Crippen LogP contribution in [0.3, 0.4) is 0 Å². The van der Waals surface area contributed by atoms with Gasteiger partial charge in [-0.3, -0.25) is 10.2 Å². The topological polar surface area (TPSA) is 121 Å². The van der Waals surface area contributed by atoms with Crippen LogP contribution in [0.5, 0.6) is 0 Å². The van der Waals surface area contributed by atoms with Gasteiger partial charge in [-0.05, 0) is 6.92 Å². The maximum absolute atomic E-state index is 11.0. The van der Waals surface area contributed by atoms with E-state index in [1.807, 2.05) is 5.43 Å². The second-order valence-electron chi connectivity index (χ2n) is 2.72. The fraction of sp³-hybridized carbons (Fsp3) is 0.286. The third-order valence-electron chi connectivity index (χ3n) is 1.77. The van der Waals surface area contributed by atoms with Crippen molar-refractivity contribution in [1.29, 1.82) is 0 Å². The second kappa shape index (κ2) is 3.88. The summed E-state index contributed by atoms with van der Waals surface area (Å²) >= 11 is 0. The Hall–Kier alpha value is -1.89. The third-order valence-corrected chi connectivity index (χ3v) is 1.77. The Balaban J connectivity index is 2.86. The van der Waals surface area contributed by atoms with E-state index >= 15 is 0 Å². The molecule has 7 heteroatoms. The minimum Gasteiger partial charge on any atom is -0.477 e. The minimum absolute atomic E-state index is 0.0586. The van der Waals surface area contributed by atoms with E-state index in [1.54, 1.807) is 6.92 Å². The molecule has 1 rings (SSSR count). The first-order valence-corrected chi connectivity index (χ1v) is 3.85. The van der Waals surface area contributed by atoms with Gasteiger partial charge in [-0.1, -0.05) is 0 Å². The summed E-state index contributed by atoms with van der Waals surface area (Å²) in [6, 6.07) is 0. The smallest absolute Gasteiger partial charge is 0.353 e. The van der Waals surface area contributed by atoms with Gasteiger partial charge in [-0.25, -0.2) is 15.6 Å². The van der Waals surface area contributed by atoms with Gasteiger partial charge in [0.2, 0.25) is 5.91 Å². The first kappa shape index (κ1) is 10.2. The Bertz CT molecular complexity index is 360. The van der Waals surface area contributed by atoms with Crippen LogP contribution < -0.4 is 11.3 Å². The molecule has 0 saturated heterocycles. The molecule has 1 aromatic rings. The molecule has 1 atom stereocenters. The summed E-state index contributed by atoms with van der Waals surface area (Å²) in [7, 11) is 0. The highest BCUT2D eigenvalue weighted by molar-refractivity contribution is 5.86. The number of aromatic amines is 1. The number of imidazole rings is 1. The standard InChI is InChI=1S/C7H10N4O3/c1-3(6(12)11-8)5-9-2-4(10-5)7(13)14/h2-3H,8H2,1H3,(H,9,10)(H,11,12)(H,13,14). The van der Waals surface area contributed by atoms with Crippen molar-refractivity contribution in [2.75, 3.05) is 0 Å². The fourth-order valence-corrected chi connectivity index (χ4v) is 0.915. The van der Waals surface area contributed by atoms with Crippen molar-refractivity contribution >= 4 is 11.9 Å². The molecule has 76 valence electrons. The Kier molecular flexibility index (Phi) is 2.82. The van der Waals surface area contributed by atoms with Crippen molar-refractivity contribution in [1.82, 2.24) is 15.4 Å². The summed E-state index contributed by atoms with van der Waals surface area (Å²) in [6.45, 7) is 1.56. The third kappa shape index (κ3) is 1.88. The van der Waals surface area contributed by atoms with E-state index in [9.17, 15) is 9.59 Å². The molecule has 0 bridgehead atoms. The predicted octanol–water partition coefficient (Wildman–Crippen LogP) is -0.799. The molecule has 5 N–H and O–H groups in total. The quantitative estimate of drug-likeness (QED) is 0.288. The van der Waals surface area contributed by atoms with Gasteiger partial charge >= 0.3 is 5.97 Å². The lowest BCUT2D eigenvalue weighted by Crippen LogP contribution is -2.34. The number of hydrazine groups is 1. The lowest BCUT2D eigenvalue weighted by atomic mass is 10.1. The fourth-order valence-electron chi connectivity index (χ4n) is 0.915. The predicted molar refractivity (Wildman–Crippen MR) is 46.3 cm³/mol. The summed E-state index contributed by atoms with van der Waals surface area (Å²) in [5.41, 5.74) is 1.90. The van der Waals surface area contributed by atoms with Crippen LogP contribution in [0.2, 0.25) is 0 Å². The van der Waals surface area contributed by atoms with Gasteiger partial charge in [0.15, 0.2) is 0 Å². The van der Waals surface area contributed by atoms with E-state index in [1.165, 1.54) is 0 Å². The number of nitrogens with one attached hydrogen (secondary N) is 2. The van der Waals surface area contributed by atoms with Crippen LogP contribution in [0.15, 0.2) is 6.20 Å². The number of carboxylic acid groups (broad SMARTS) is 1. The molecule has 0 aliphatic heterocycles. The number of nitrogens with zero attached hydrogens (tertiary/aromatic N) is 1. The number of aromatic nitrogens is 2. The highest BCUT2D eigenvalue weighted by atomic mass is 16.4. The molecule has 0 aliphatic rings. The average Bonchev–Trinajstić information content (AvgIpc) is 2.64. The van der Waals surface area contributed by atoms with E-state index in [2.05, 4.69) is 9.97 Å². The Morgan fingerprint density at radius 3 is 2.79 bits per heavy atom. The number of hydrogen-bond acceptors (Lipinski definition) is 4. The molecule has 7 nitrogen and oxygen atoms in total. The van der Waals surface area contributed by atoms with Gasteiger partial charge in [-0.2, -0.15) is 0 Å². The van der Waals surface area contributed by atoms with Crippen molar-refractivity contribution in [2.24, 2.45) is 5.84 Å². The maximum Gasteiger partial charge on any atom is 0.353 e. The summed E-state index contributed by atoms with van der Waals surface area (Å²) in [4.78, 5) is 27.8. The second-order valence-corrected chi connectivity index (χ2v) is 2.72. The summed E-state index contributed by atoms with van der Waals surface area (Å²) in [5, 5.41) is 8.58. The number of rotatable bonds is 3. The molecular weight excluding hydrogens is 188 g/mol. The molecule has 1 amide bonds. The molecule has 0 aliphatic carbocycles. The van der Waals surface area contributed by atoms with Crippen LogP contribution in [-0.2, 0) is 4.79 Å². The van der Waals surface area contributed by atoms with Crippen molar-refractivity contribution in [3.63, 3.8) is 0 Å². The summed E-state index contributed by atoms with van der Waals surface area (Å²) in [6.07, 6.45) is 1.15. The van der Waals surface area contributed by atoms with Crippen LogP contribution in [-0.4, -0.2) is 27.0 Å². The van der Waals surface area contributed by atoms with Gasteiger partial charge in [0.05, 0.1) is 12.1 Å². The molecule has 0 spiro atoms. The largest absolute Gasteiger partial charge is 0.477 e. The number of carboxylic acids is 1. The van der Waals surface area contributed by atoms with Gasteiger partial charge in [0.1, 0.15) is 11.5 Å². The number of nitrogens with two attached hydrogens (primary N) is 1. The van der Waals surface area contributed by atoms with Crippen LogP contribution in [0.1, 0.15) is 29.2 Å². The molecule has 1 heterocycles. The number of hydrogen-bond donors (Lipinski definition) is 4. The number of aromatic carboxylic acids is 1. The number of H-pyrrole nitrogens is 1. The minimum atomic E-state index is -1.12. The van der Waals surface area contributed by atoms with Crippen molar-refractivity contribution in [3.05, 3.63) is 17.7 Å². The monoisotopic (exact) mass is 198 g/mol. The zero-order valence-corrected chi connectivity index (χ0v) is 7.44. The first-order valence-electron chi connectivity index (χ1n) is 3.85. The SMILES string of the molecule is CC(C(=O)NN)c1ncc(C(=O)O)[nH]1. The van der Waals surface area contributed by atoms with E-state index in [0.717, 1.165) is 6.20 Å². The summed E-state index contributed by atoms with van der Waals surface area (Å²) in [5.74, 6) is 3.03. The molecule has 0 fully saturated rings. The van der Waals surface area contributed by atoms with Gasteiger partial charge in [0.25, 0.3) is 0 Å². The van der Waals surface area contributed by atoms with Crippen LogP contribution >= 0.6 is 0 Å². The molecule has 14 heavy (non-hydrogen) atoms. The highest BCUT2D eigenvalue weighted by Gasteiger charge is 2.18. The number of amides is 1. The Labute approximate surface area is 79.3 Å². The molecule has 1 unspecified atom stereocenters. The molecule has 0 saturated carbocycles.